The first-order valence-corrected chi connectivity index (χ1v) is 8.69. The number of rotatable bonds is 0. The van der Waals surface area contributed by atoms with Crippen molar-refractivity contribution >= 4 is 67.7 Å². The molecule has 0 saturated carbocycles. The molecule has 0 aliphatic carbocycles. The van der Waals surface area contributed by atoms with Gasteiger partial charge in [-0.2, -0.15) is 0 Å². The highest BCUT2D eigenvalue weighted by Crippen LogP contribution is 2.26. The Morgan fingerprint density at radius 3 is 2.52 bits per heavy atom. The Bertz CT molecular complexity index is 877. The molecule has 0 radical (unpaired) electrons. The van der Waals surface area contributed by atoms with Crippen LogP contribution in [0.15, 0.2) is 48.7 Å². The summed E-state index contributed by atoms with van der Waals surface area (Å²) in [7, 11) is 0. The summed E-state index contributed by atoms with van der Waals surface area (Å²) in [5.41, 5.74) is 2.98. The first-order valence-electron chi connectivity index (χ1n) is 6.15. The SMILES string of the molecule is Clc1ccc(C#Cc2c(I)cc3cccnc3c2I)cc1. The highest BCUT2D eigenvalue weighted by Gasteiger charge is 2.08. The number of hydrogen-bond acceptors (Lipinski definition) is 1. The molecular weight excluding hydrogens is 507 g/mol. The maximum absolute atomic E-state index is 5.89. The largest absolute Gasteiger partial charge is 0.255 e. The van der Waals surface area contributed by atoms with Crippen LogP contribution in [-0.4, -0.2) is 4.98 Å². The highest BCUT2D eigenvalue weighted by molar-refractivity contribution is 14.1. The Hall–Kier alpha value is -0.840. The topological polar surface area (TPSA) is 12.9 Å². The van der Waals surface area contributed by atoms with Crippen molar-refractivity contribution < 1.29 is 0 Å². The van der Waals surface area contributed by atoms with Crippen molar-refractivity contribution in [1.29, 1.82) is 0 Å². The summed E-state index contributed by atoms with van der Waals surface area (Å²) in [6.07, 6.45) is 1.81. The van der Waals surface area contributed by atoms with E-state index in [9.17, 15) is 0 Å². The maximum Gasteiger partial charge on any atom is 0.0848 e. The van der Waals surface area contributed by atoms with Crippen LogP contribution in [0.2, 0.25) is 5.02 Å². The van der Waals surface area contributed by atoms with Crippen molar-refractivity contribution in [3.63, 3.8) is 0 Å². The summed E-state index contributed by atoms with van der Waals surface area (Å²) >= 11 is 10.5. The lowest BCUT2D eigenvalue weighted by Gasteiger charge is -2.05. The Morgan fingerprint density at radius 1 is 1.00 bits per heavy atom. The summed E-state index contributed by atoms with van der Waals surface area (Å²) in [5.74, 6) is 6.45. The van der Waals surface area contributed by atoms with Crippen LogP contribution in [0.1, 0.15) is 11.1 Å². The van der Waals surface area contributed by atoms with E-state index in [0.29, 0.717) is 0 Å². The Balaban J connectivity index is 2.11. The molecule has 0 amide bonds. The minimum Gasteiger partial charge on any atom is -0.255 e. The van der Waals surface area contributed by atoms with Gasteiger partial charge in [0.25, 0.3) is 0 Å². The van der Waals surface area contributed by atoms with Gasteiger partial charge in [-0.15, -0.1) is 0 Å². The third kappa shape index (κ3) is 3.33. The molecule has 0 fully saturated rings. The molecule has 102 valence electrons. The van der Waals surface area contributed by atoms with Crippen molar-refractivity contribution in [3.05, 3.63) is 72.0 Å². The summed E-state index contributed by atoms with van der Waals surface area (Å²) in [6, 6.07) is 13.7. The second-order valence-electron chi connectivity index (χ2n) is 4.38. The zero-order valence-electron chi connectivity index (χ0n) is 10.7. The van der Waals surface area contributed by atoms with Gasteiger partial charge in [0.1, 0.15) is 0 Å². The number of fused-ring (bicyclic) bond motifs is 1. The third-order valence-electron chi connectivity index (χ3n) is 2.96. The molecule has 3 rings (SSSR count). The minimum absolute atomic E-state index is 0.722. The molecule has 3 aromatic rings. The predicted octanol–water partition coefficient (Wildman–Crippen LogP) is 5.50. The Labute approximate surface area is 155 Å². The second kappa shape index (κ2) is 6.51. The molecule has 2 aromatic carbocycles. The van der Waals surface area contributed by atoms with Gasteiger partial charge >= 0.3 is 0 Å². The lowest BCUT2D eigenvalue weighted by molar-refractivity contribution is 1.39. The molecule has 0 N–H and O–H groups in total. The molecule has 0 spiro atoms. The summed E-state index contributed by atoms with van der Waals surface area (Å²) in [6.45, 7) is 0. The Kier molecular flexibility index (Phi) is 4.67. The van der Waals surface area contributed by atoms with Gasteiger partial charge in [0, 0.05) is 25.7 Å². The van der Waals surface area contributed by atoms with E-state index in [0.717, 1.165) is 34.2 Å². The van der Waals surface area contributed by atoms with E-state index in [1.54, 1.807) is 0 Å². The predicted molar refractivity (Wildman–Crippen MR) is 105 cm³/mol. The molecule has 0 aliphatic rings. The van der Waals surface area contributed by atoms with E-state index in [2.05, 4.69) is 74.1 Å². The van der Waals surface area contributed by atoms with Crippen LogP contribution in [-0.2, 0) is 0 Å². The zero-order valence-corrected chi connectivity index (χ0v) is 15.8. The van der Waals surface area contributed by atoms with Gasteiger partial charge in [-0.3, -0.25) is 4.98 Å². The molecule has 1 nitrogen and oxygen atoms in total. The summed E-state index contributed by atoms with van der Waals surface area (Å²) < 4.78 is 2.23. The van der Waals surface area contributed by atoms with Gasteiger partial charge in [0.05, 0.1) is 14.7 Å². The molecule has 21 heavy (non-hydrogen) atoms. The van der Waals surface area contributed by atoms with Gasteiger partial charge in [-0.05, 0) is 81.6 Å². The van der Waals surface area contributed by atoms with Crippen LogP contribution in [0.3, 0.4) is 0 Å². The number of aromatic nitrogens is 1. The number of hydrogen-bond donors (Lipinski definition) is 0. The van der Waals surface area contributed by atoms with E-state index in [-0.39, 0.29) is 0 Å². The molecule has 0 unspecified atom stereocenters. The highest BCUT2D eigenvalue weighted by atomic mass is 127. The monoisotopic (exact) mass is 515 g/mol. The van der Waals surface area contributed by atoms with E-state index in [1.807, 2.05) is 36.5 Å². The van der Waals surface area contributed by atoms with Crippen molar-refractivity contribution in [3.8, 4) is 11.8 Å². The van der Waals surface area contributed by atoms with Gasteiger partial charge in [-0.25, -0.2) is 0 Å². The number of pyridine rings is 1. The molecule has 0 aliphatic heterocycles. The second-order valence-corrected chi connectivity index (χ2v) is 7.06. The molecule has 0 bridgehead atoms. The number of halogens is 3. The standard InChI is InChI=1S/C17H8ClI2N/c18-13-6-3-11(4-7-13)5-8-14-15(19)10-12-2-1-9-21-17(12)16(14)20/h1-4,6-7,9-10H. The van der Waals surface area contributed by atoms with Crippen molar-refractivity contribution in [2.75, 3.05) is 0 Å². The van der Waals surface area contributed by atoms with Crippen LogP contribution in [0.25, 0.3) is 10.9 Å². The van der Waals surface area contributed by atoms with Gasteiger partial charge < -0.3 is 0 Å². The fourth-order valence-corrected chi connectivity index (χ4v) is 4.19. The fraction of sp³-hybridized carbons (Fsp3) is 0. The fourth-order valence-electron chi connectivity index (χ4n) is 1.93. The van der Waals surface area contributed by atoms with E-state index >= 15 is 0 Å². The molecule has 1 heterocycles. The van der Waals surface area contributed by atoms with Gasteiger partial charge in [0.2, 0.25) is 0 Å². The number of benzene rings is 2. The van der Waals surface area contributed by atoms with Crippen molar-refractivity contribution in [2.24, 2.45) is 0 Å². The molecule has 1 aromatic heterocycles. The van der Waals surface area contributed by atoms with Crippen LogP contribution < -0.4 is 0 Å². The molecule has 0 saturated heterocycles. The van der Waals surface area contributed by atoms with Gasteiger partial charge in [-0.1, -0.05) is 29.5 Å². The zero-order chi connectivity index (χ0) is 14.8. The molecule has 4 heteroatoms. The first kappa shape index (κ1) is 15.1. The van der Waals surface area contributed by atoms with E-state index in [4.69, 9.17) is 11.6 Å². The van der Waals surface area contributed by atoms with E-state index < -0.39 is 0 Å². The van der Waals surface area contributed by atoms with Crippen LogP contribution in [0, 0.1) is 19.0 Å². The van der Waals surface area contributed by atoms with Crippen molar-refractivity contribution in [1.82, 2.24) is 4.98 Å². The third-order valence-corrected chi connectivity index (χ3v) is 5.12. The Morgan fingerprint density at radius 2 is 1.76 bits per heavy atom. The summed E-state index contributed by atoms with van der Waals surface area (Å²) in [4.78, 5) is 4.45. The lowest BCUT2D eigenvalue weighted by atomic mass is 10.1. The minimum atomic E-state index is 0.722. The van der Waals surface area contributed by atoms with E-state index in [1.165, 1.54) is 0 Å². The average Bonchev–Trinajstić information content (AvgIpc) is 2.49. The molecular formula is C17H8ClI2N. The van der Waals surface area contributed by atoms with Gasteiger partial charge in [0.15, 0.2) is 0 Å². The average molecular weight is 516 g/mol. The number of nitrogens with zero attached hydrogens (tertiary/aromatic N) is 1. The normalized spacial score (nSPS) is 10.2. The lowest BCUT2D eigenvalue weighted by Crippen LogP contribution is -1.92. The first-order chi connectivity index (χ1) is 10.1. The van der Waals surface area contributed by atoms with Crippen LogP contribution >= 0.6 is 56.8 Å². The van der Waals surface area contributed by atoms with Crippen molar-refractivity contribution in [2.45, 2.75) is 0 Å². The smallest absolute Gasteiger partial charge is 0.0848 e. The van der Waals surface area contributed by atoms with Crippen LogP contribution in [0.5, 0.6) is 0 Å². The summed E-state index contributed by atoms with van der Waals surface area (Å²) in [5, 5.41) is 1.86. The van der Waals surface area contributed by atoms with Crippen LogP contribution in [0.4, 0.5) is 0 Å². The maximum atomic E-state index is 5.89. The molecule has 0 atom stereocenters. The quantitative estimate of drug-likeness (QED) is 0.285.